The minimum absolute atomic E-state index is 0.410. The Morgan fingerprint density at radius 1 is 0.560 bits per heavy atom. The van der Waals surface area contributed by atoms with Gasteiger partial charge in [0.05, 0.1) is 9.40 Å². The van der Waals surface area contributed by atoms with Gasteiger partial charge in [0.2, 0.25) is 0 Å². The second-order valence-electron chi connectivity index (χ2n) is 13.9. The van der Waals surface area contributed by atoms with Crippen molar-refractivity contribution in [2.24, 2.45) is 0 Å². The molecule has 236 valence electrons. The van der Waals surface area contributed by atoms with Crippen molar-refractivity contribution in [2.75, 3.05) is 0 Å². The minimum atomic E-state index is 0.410. The molecule has 11 rings (SSSR count). The van der Waals surface area contributed by atoms with Gasteiger partial charge in [0.1, 0.15) is 0 Å². The van der Waals surface area contributed by atoms with Crippen LogP contribution in [-0.4, -0.2) is 0 Å². The number of hydrogen-bond acceptors (Lipinski definition) is 2. The summed E-state index contributed by atoms with van der Waals surface area (Å²) >= 11 is 3.94. The Labute approximate surface area is 298 Å². The number of benzene rings is 7. The number of rotatable bonds is 3. The van der Waals surface area contributed by atoms with E-state index in [1.165, 1.54) is 101 Å². The van der Waals surface area contributed by atoms with Gasteiger partial charge in [-0.15, -0.1) is 22.7 Å². The van der Waals surface area contributed by atoms with E-state index in [4.69, 9.17) is 0 Å². The summed E-state index contributed by atoms with van der Waals surface area (Å²) in [5.74, 6) is 0.410. The van der Waals surface area contributed by atoms with E-state index >= 15 is 0 Å². The van der Waals surface area contributed by atoms with Gasteiger partial charge < -0.3 is 0 Å². The first-order valence-electron chi connectivity index (χ1n) is 17.7. The molecule has 0 saturated heterocycles. The lowest BCUT2D eigenvalue weighted by Gasteiger charge is -2.17. The molecule has 2 aliphatic carbocycles. The van der Waals surface area contributed by atoms with Crippen LogP contribution in [-0.2, 0) is 6.42 Å². The van der Waals surface area contributed by atoms with Gasteiger partial charge >= 0.3 is 0 Å². The predicted molar refractivity (Wildman–Crippen MR) is 221 cm³/mol. The molecule has 0 aliphatic heterocycles. The third kappa shape index (κ3) is 4.35. The van der Waals surface area contributed by atoms with E-state index in [2.05, 4.69) is 152 Å². The summed E-state index contributed by atoms with van der Waals surface area (Å²) in [6.45, 7) is 0. The van der Waals surface area contributed by atoms with Gasteiger partial charge in [0.25, 0.3) is 0 Å². The molecule has 0 fully saturated rings. The fourth-order valence-electron chi connectivity index (χ4n) is 8.55. The van der Waals surface area contributed by atoms with E-state index in [0.29, 0.717) is 5.92 Å². The lowest BCUT2D eigenvalue weighted by Crippen LogP contribution is -1.98. The minimum Gasteiger partial charge on any atom is -0.134 e. The molecule has 0 nitrogen and oxygen atoms in total. The van der Waals surface area contributed by atoms with Gasteiger partial charge in [0, 0.05) is 36.9 Å². The standard InChI is InChI=1S/C48H32S2/c1-2-10-33-26-34(21-20-29(33)8-1)30-16-18-31(19-17-30)35-22-24-41-43(27-35)49-47-45(41)39-13-5-6-14-40(39)46-42-25-23-36(28-44(42)50-48(46)47)38-15-7-11-32-9-3-4-12-37(32)38/h1-2,4-8,10-16,18-28,30H,3,9,17H2. The molecule has 2 heteroatoms. The Bertz CT molecular complexity index is 2960. The van der Waals surface area contributed by atoms with E-state index in [1.807, 2.05) is 22.7 Å². The fourth-order valence-corrected chi connectivity index (χ4v) is 11.2. The van der Waals surface area contributed by atoms with Crippen LogP contribution in [0.2, 0.25) is 0 Å². The van der Waals surface area contributed by atoms with Crippen molar-refractivity contribution in [1.82, 2.24) is 0 Å². The van der Waals surface area contributed by atoms with Crippen molar-refractivity contribution in [1.29, 1.82) is 0 Å². The Kier molecular flexibility index (Phi) is 6.35. The SMILES string of the molecule is C1=Cc2c(cccc2-c2ccc3c(c2)sc2c4sc5cc(C6=CCC(c7ccc8ccccc8c7)C=C6)ccc5c4c4ccccc4c32)CC1. The average molecular weight is 673 g/mol. The van der Waals surface area contributed by atoms with Crippen LogP contribution in [0, 0.1) is 0 Å². The highest BCUT2D eigenvalue weighted by Gasteiger charge is 2.20. The molecule has 0 amide bonds. The number of hydrogen-bond donors (Lipinski definition) is 0. The Morgan fingerprint density at radius 3 is 2.04 bits per heavy atom. The molecule has 50 heavy (non-hydrogen) atoms. The van der Waals surface area contributed by atoms with Gasteiger partial charge in [-0.3, -0.25) is 0 Å². The van der Waals surface area contributed by atoms with Crippen molar-refractivity contribution >= 4 is 96.2 Å². The van der Waals surface area contributed by atoms with Crippen molar-refractivity contribution < 1.29 is 0 Å². The summed E-state index contributed by atoms with van der Waals surface area (Å²) in [5, 5.41) is 10.9. The van der Waals surface area contributed by atoms with Crippen LogP contribution in [0.25, 0.3) is 84.7 Å². The summed E-state index contributed by atoms with van der Waals surface area (Å²) in [5.41, 5.74) is 9.52. The van der Waals surface area contributed by atoms with E-state index in [1.54, 1.807) is 0 Å². The van der Waals surface area contributed by atoms with Gasteiger partial charge in [-0.2, -0.15) is 0 Å². The first kappa shape index (κ1) is 28.5. The molecule has 1 atom stereocenters. The maximum absolute atomic E-state index is 2.44. The molecule has 0 spiro atoms. The molecule has 2 heterocycles. The van der Waals surface area contributed by atoms with Gasteiger partial charge in [0.15, 0.2) is 0 Å². The van der Waals surface area contributed by atoms with Gasteiger partial charge in [-0.1, -0.05) is 140 Å². The van der Waals surface area contributed by atoms with Crippen molar-refractivity contribution in [3.8, 4) is 11.1 Å². The van der Waals surface area contributed by atoms with E-state index in [0.717, 1.165) is 19.3 Å². The molecule has 2 aromatic heterocycles. The molecule has 0 N–H and O–H groups in total. The fraction of sp³-hybridized carbons (Fsp3) is 0.0833. The topological polar surface area (TPSA) is 0 Å². The molecule has 0 saturated carbocycles. The Morgan fingerprint density at radius 2 is 1.28 bits per heavy atom. The third-order valence-electron chi connectivity index (χ3n) is 11.1. The Hall–Kier alpha value is -5.28. The molecule has 1 unspecified atom stereocenters. The molecule has 7 aromatic carbocycles. The average Bonchev–Trinajstić information content (AvgIpc) is 3.76. The lowest BCUT2D eigenvalue weighted by molar-refractivity contribution is 0.858. The highest BCUT2D eigenvalue weighted by Crippen LogP contribution is 2.50. The zero-order valence-corrected chi connectivity index (χ0v) is 29.1. The molecule has 0 radical (unpaired) electrons. The van der Waals surface area contributed by atoms with Crippen molar-refractivity contribution in [3.05, 3.63) is 168 Å². The van der Waals surface area contributed by atoms with Crippen molar-refractivity contribution in [2.45, 2.75) is 25.2 Å². The number of thiophene rings is 2. The predicted octanol–water partition coefficient (Wildman–Crippen LogP) is 14.5. The third-order valence-corrected chi connectivity index (χ3v) is 13.5. The van der Waals surface area contributed by atoms with Crippen LogP contribution >= 0.6 is 22.7 Å². The number of allylic oxidation sites excluding steroid dienone is 5. The second-order valence-corrected chi connectivity index (χ2v) is 16.0. The Balaban J connectivity index is 1.03. The van der Waals surface area contributed by atoms with Crippen LogP contribution in [0.1, 0.15) is 41.0 Å². The highest BCUT2D eigenvalue weighted by atomic mass is 32.1. The summed E-state index contributed by atoms with van der Waals surface area (Å²) in [4.78, 5) is 0. The normalized spacial score (nSPS) is 15.9. The molecule has 2 aliphatic rings. The maximum atomic E-state index is 2.44. The van der Waals surface area contributed by atoms with Crippen LogP contribution in [0.3, 0.4) is 0 Å². The highest BCUT2D eigenvalue weighted by molar-refractivity contribution is 7.33. The van der Waals surface area contributed by atoms with Gasteiger partial charge in [-0.25, -0.2) is 0 Å². The lowest BCUT2D eigenvalue weighted by atomic mass is 9.87. The van der Waals surface area contributed by atoms with E-state index in [-0.39, 0.29) is 0 Å². The van der Waals surface area contributed by atoms with Gasteiger partial charge in [-0.05, 0) is 91.9 Å². The smallest absolute Gasteiger partial charge is 0.0540 e. The van der Waals surface area contributed by atoms with Crippen LogP contribution in [0.5, 0.6) is 0 Å². The van der Waals surface area contributed by atoms with Crippen molar-refractivity contribution in [3.63, 3.8) is 0 Å². The number of aryl methyl sites for hydroxylation is 1. The van der Waals surface area contributed by atoms with E-state index in [9.17, 15) is 0 Å². The largest absolute Gasteiger partial charge is 0.134 e. The van der Waals surface area contributed by atoms with E-state index < -0.39 is 0 Å². The summed E-state index contributed by atoms with van der Waals surface area (Å²) in [6.07, 6.45) is 15.1. The quantitative estimate of drug-likeness (QED) is 0.175. The van der Waals surface area contributed by atoms with Crippen LogP contribution < -0.4 is 0 Å². The molecular formula is C48H32S2. The number of fused-ring (bicyclic) bond motifs is 12. The first-order chi connectivity index (χ1) is 24.8. The second kappa shape index (κ2) is 11.1. The van der Waals surface area contributed by atoms with Crippen LogP contribution in [0.4, 0.5) is 0 Å². The monoisotopic (exact) mass is 672 g/mol. The summed E-state index contributed by atoms with van der Waals surface area (Å²) in [6, 6.07) is 45.8. The summed E-state index contributed by atoms with van der Waals surface area (Å²) < 4.78 is 5.56. The molecule has 9 aromatic rings. The molecule has 0 bridgehead atoms. The zero-order chi connectivity index (χ0) is 32.8. The maximum Gasteiger partial charge on any atom is 0.0540 e. The van der Waals surface area contributed by atoms with Crippen LogP contribution in [0.15, 0.2) is 146 Å². The summed E-state index contributed by atoms with van der Waals surface area (Å²) in [7, 11) is 0. The first-order valence-corrected chi connectivity index (χ1v) is 19.3. The molecular weight excluding hydrogens is 641 g/mol. The zero-order valence-electron chi connectivity index (χ0n) is 27.4.